The molecule has 1 aromatic carbocycles. The molecule has 1 aromatic heterocycles. The predicted molar refractivity (Wildman–Crippen MR) is 68.1 cm³/mol. The van der Waals surface area contributed by atoms with Crippen LogP contribution in [0.1, 0.15) is 16.8 Å². The van der Waals surface area contributed by atoms with E-state index in [0.717, 1.165) is 11.3 Å². The molecule has 0 bridgehead atoms. The molecule has 5 heteroatoms. The van der Waals surface area contributed by atoms with Gasteiger partial charge in [-0.05, 0) is 17.7 Å². The molecule has 2 aromatic rings. The highest BCUT2D eigenvalue weighted by molar-refractivity contribution is 5.53. The maximum absolute atomic E-state index is 9.08. The predicted octanol–water partition coefficient (Wildman–Crippen LogP) is 1.47. The zero-order valence-electron chi connectivity index (χ0n) is 10.3. The average Bonchev–Trinajstić information content (AvgIpc) is 2.64. The van der Waals surface area contributed by atoms with Crippen molar-refractivity contribution in [1.82, 2.24) is 9.78 Å². The summed E-state index contributed by atoms with van der Waals surface area (Å²) in [4.78, 5) is 0. The Morgan fingerprint density at radius 2 is 2.28 bits per heavy atom. The molecule has 92 valence electrons. The van der Waals surface area contributed by atoms with Crippen LogP contribution in [0.15, 0.2) is 24.3 Å². The van der Waals surface area contributed by atoms with Crippen molar-refractivity contribution in [2.75, 3.05) is 12.8 Å². The molecule has 1 heterocycles. The van der Waals surface area contributed by atoms with Crippen LogP contribution in [-0.2, 0) is 13.5 Å². The molecule has 18 heavy (non-hydrogen) atoms. The van der Waals surface area contributed by atoms with Gasteiger partial charge in [0.1, 0.15) is 23.2 Å². The first-order valence-corrected chi connectivity index (χ1v) is 5.50. The normalized spacial score (nSPS) is 10.1. The van der Waals surface area contributed by atoms with E-state index < -0.39 is 0 Å². The number of aromatic nitrogens is 2. The SMILES string of the molecule is COc1cccc(Cc2nn(C)c(N)c2C#N)c1. The van der Waals surface area contributed by atoms with Crippen molar-refractivity contribution in [3.05, 3.63) is 41.1 Å². The third-order valence-corrected chi connectivity index (χ3v) is 2.78. The van der Waals surface area contributed by atoms with Crippen molar-refractivity contribution >= 4 is 5.82 Å². The van der Waals surface area contributed by atoms with E-state index >= 15 is 0 Å². The summed E-state index contributed by atoms with van der Waals surface area (Å²) in [7, 11) is 3.35. The van der Waals surface area contributed by atoms with Crippen LogP contribution < -0.4 is 10.5 Å². The molecule has 0 unspecified atom stereocenters. The number of methoxy groups -OCH3 is 1. The molecule has 0 aliphatic heterocycles. The Kier molecular flexibility index (Phi) is 3.20. The number of nitrogens with zero attached hydrogens (tertiary/aromatic N) is 3. The van der Waals surface area contributed by atoms with E-state index in [2.05, 4.69) is 11.2 Å². The summed E-state index contributed by atoms with van der Waals surface area (Å²) in [6, 6.07) is 9.77. The zero-order valence-corrected chi connectivity index (χ0v) is 10.3. The Labute approximate surface area is 105 Å². The minimum Gasteiger partial charge on any atom is -0.497 e. The summed E-state index contributed by atoms with van der Waals surface area (Å²) >= 11 is 0. The molecule has 0 amide bonds. The summed E-state index contributed by atoms with van der Waals surface area (Å²) in [5.74, 6) is 1.19. The van der Waals surface area contributed by atoms with Gasteiger partial charge in [0.25, 0.3) is 0 Å². The Hall–Kier alpha value is -2.48. The number of rotatable bonds is 3. The number of nitrogens with two attached hydrogens (primary N) is 1. The fourth-order valence-corrected chi connectivity index (χ4v) is 1.82. The van der Waals surface area contributed by atoms with Crippen molar-refractivity contribution in [3.8, 4) is 11.8 Å². The third-order valence-electron chi connectivity index (χ3n) is 2.78. The lowest BCUT2D eigenvalue weighted by molar-refractivity contribution is 0.414. The van der Waals surface area contributed by atoms with E-state index in [1.165, 1.54) is 4.68 Å². The first kappa shape index (κ1) is 12.0. The number of anilines is 1. The van der Waals surface area contributed by atoms with Gasteiger partial charge in [0.05, 0.1) is 12.8 Å². The highest BCUT2D eigenvalue weighted by atomic mass is 16.5. The minimum atomic E-state index is 0.399. The number of aryl methyl sites for hydroxylation is 1. The van der Waals surface area contributed by atoms with Crippen LogP contribution in [0.4, 0.5) is 5.82 Å². The number of hydrogen-bond acceptors (Lipinski definition) is 4. The van der Waals surface area contributed by atoms with Gasteiger partial charge in [-0.1, -0.05) is 12.1 Å². The van der Waals surface area contributed by atoms with Gasteiger partial charge in [-0.3, -0.25) is 4.68 Å². The van der Waals surface area contributed by atoms with E-state index in [1.54, 1.807) is 14.2 Å². The van der Waals surface area contributed by atoms with Crippen LogP contribution >= 0.6 is 0 Å². The maximum Gasteiger partial charge on any atom is 0.139 e. The summed E-state index contributed by atoms with van der Waals surface area (Å²) in [5, 5.41) is 13.3. The molecule has 0 atom stereocenters. The smallest absolute Gasteiger partial charge is 0.139 e. The molecule has 5 nitrogen and oxygen atoms in total. The molecule has 0 aliphatic carbocycles. The van der Waals surface area contributed by atoms with E-state index in [9.17, 15) is 0 Å². The molecule has 0 fully saturated rings. The lowest BCUT2D eigenvalue weighted by atomic mass is 10.1. The zero-order chi connectivity index (χ0) is 13.1. The van der Waals surface area contributed by atoms with Crippen LogP contribution in [0.5, 0.6) is 5.75 Å². The van der Waals surface area contributed by atoms with Crippen molar-refractivity contribution in [1.29, 1.82) is 5.26 Å². The molecule has 0 spiro atoms. The van der Waals surface area contributed by atoms with E-state index in [1.807, 2.05) is 24.3 Å². The summed E-state index contributed by atoms with van der Waals surface area (Å²) in [6.07, 6.45) is 0.561. The Bertz CT molecular complexity index is 610. The fraction of sp³-hybridized carbons (Fsp3) is 0.231. The van der Waals surface area contributed by atoms with Crippen molar-refractivity contribution in [2.45, 2.75) is 6.42 Å². The summed E-state index contributed by atoms with van der Waals surface area (Å²) in [5.41, 5.74) is 7.94. The second-order valence-electron chi connectivity index (χ2n) is 3.97. The van der Waals surface area contributed by atoms with Gasteiger partial charge in [-0.25, -0.2) is 0 Å². The summed E-state index contributed by atoms with van der Waals surface area (Å²) < 4.78 is 6.68. The number of ether oxygens (including phenoxy) is 1. The van der Waals surface area contributed by atoms with Gasteiger partial charge in [0, 0.05) is 13.5 Å². The number of nitriles is 1. The average molecular weight is 242 g/mol. The van der Waals surface area contributed by atoms with Crippen LogP contribution in [0.25, 0.3) is 0 Å². The van der Waals surface area contributed by atoms with Crippen LogP contribution in [0.2, 0.25) is 0 Å². The Balaban J connectivity index is 2.34. The van der Waals surface area contributed by atoms with E-state index in [4.69, 9.17) is 15.7 Å². The Morgan fingerprint density at radius 3 is 2.94 bits per heavy atom. The van der Waals surface area contributed by atoms with Crippen molar-refractivity contribution < 1.29 is 4.74 Å². The van der Waals surface area contributed by atoms with Gasteiger partial charge < -0.3 is 10.5 Å². The van der Waals surface area contributed by atoms with Gasteiger partial charge in [0.2, 0.25) is 0 Å². The topological polar surface area (TPSA) is 76.9 Å². The lowest BCUT2D eigenvalue weighted by Gasteiger charge is -2.02. The highest BCUT2D eigenvalue weighted by Gasteiger charge is 2.13. The van der Waals surface area contributed by atoms with Crippen LogP contribution in [0, 0.1) is 11.3 Å². The minimum absolute atomic E-state index is 0.399. The lowest BCUT2D eigenvalue weighted by Crippen LogP contribution is -1.98. The molecule has 0 saturated heterocycles. The second kappa shape index (κ2) is 4.80. The monoisotopic (exact) mass is 242 g/mol. The third kappa shape index (κ3) is 2.13. The quantitative estimate of drug-likeness (QED) is 0.884. The molecule has 0 aliphatic rings. The van der Waals surface area contributed by atoms with E-state index in [0.29, 0.717) is 23.5 Å². The summed E-state index contributed by atoms with van der Waals surface area (Å²) in [6.45, 7) is 0. The maximum atomic E-state index is 9.08. The Morgan fingerprint density at radius 1 is 1.50 bits per heavy atom. The molecule has 2 N–H and O–H groups in total. The van der Waals surface area contributed by atoms with Gasteiger partial charge in [-0.15, -0.1) is 0 Å². The van der Waals surface area contributed by atoms with Crippen molar-refractivity contribution in [3.63, 3.8) is 0 Å². The van der Waals surface area contributed by atoms with Crippen molar-refractivity contribution in [2.24, 2.45) is 7.05 Å². The van der Waals surface area contributed by atoms with Gasteiger partial charge in [0.15, 0.2) is 0 Å². The molecule has 0 saturated carbocycles. The van der Waals surface area contributed by atoms with E-state index in [-0.39, 0.29) is 0 Å². The molecular weight excluding hydrogens is 228 g/mol. The molecule has 2 rings (SSSR count). The van der Waals surface area contributed by atoms with Crippen LogP contribution in [0.3, 0.4) is 0 Å². The molecule has 0 radical (unpaired) electrons. The van der Waals surface area contributed by atoms with Gasteiger partial charge in [-0.2, -0.15) is 10.4 Å². The van der Waals surface area contributed by atoms with Crippen LogP contribution in [-0.4, -0.2) is 16.9 Å². The first-order valence-electron chi connectivity index (χ1n) is 5.50. The molecular formula is C13H14N4O. The second-order valence-corrected chi connectivity index (χ2v) is 3.97. The fourth-order valence-electron chi connectivity index (χ4n) is 1.82. The number of benzene rings is 1. The first-order chi connectivity index (χ1) is 8.65. The largest absolute Gasteiger partial charge is 0.497 e. The number of hydrogen-bond donors (Lipinski definition) is 1. The number of nitrogen functional groups attached to an aromatic ring is 1. The van der Waals surface area contributed by atoms with Gasteiger partial charge >= 0.3 is 0 Å². The highest BCUT2D eigenvalue weighted by Crippen LogP contribution is 2.20. The standard InChI is InChI=1S/C13H14N4O/c1-17-13(15)11(8-14)12(16-17)7-9-4-3-5-10(6-9)18-2/h3-6H,7,15H2,1-2H3.